The number of nitrogens with zero attached hydrogens (tertiary/aromatic N) is 1. The van der Waals surface area contributed by atoms with E-state index in [1.54, 1.807) is 17.0 Å². The summed E-state index contributed by atoms with van der Waals surface area (Å²) in [5.41, 5.74) is 7.16. The highest BCUT2D eigenvalue weighted by atomic mass is 35.5. The fourth-order valence-electron chi connectivity index (χ4n) is 2.49. The topological polar surface area (TPSA) is 72.6 Å². The van der Waals surface area contributed by atoms with Gasteiger partial charge in [0, 0.05) is 25.2 Å². The summed E-state index contributed by atoms with van der Waals surface area (Å²) in [7, 11) is 1.38. The minimum Gasteiger partial charge on any atom is -0.469 e. The monoisotopic (exact) mass is 312 g/mol. The van der Waals surface area contributed by atoms with Gasteiger partial charge in [0.15, 0.2) is 0 Å². The predicted molar refractivity (Wildman–Crippen MR) is 82.2 cm³/mol. The third kappa shape index (κ3) is 4.19. The summed E-state index contributed by atoms with van der Waals surface area (Å²) in [5, 5.41) is 0. The molecule has 116 valence electrons. The van der Waals surface area contributed by atoms with Crippen molar-refractivity contribution in [3.63, 3.8) is 0 Å². The Balaban J connectivity index is 0.00000220. The van der Waals surface area contributed by atoms with Crippen molar-refractivity contribution in [1.29, 1.82) is 0 Å². The van der Waals surface area contributed by atoms with Crippen LogP contribution in [0.25, 0.3) is 0 Å². The number of halogens is 1. The Labute approximate surface area is 130 Å². The number of likely N-dealkylation sites (tertiary alicyclic amines) is 1. The molecule has 21 heavy (non-hydrogen) atoms. The molecule has 0 spiro atoms. The zero-order valence-corrected chi connectivity index (χ0v) is 12.9. The lowest BCUT2D eigenvalue weighted by Gasteiger charge is -2.31. The number of hydrogen-bond donors (Lipinski definition) is 1. The van der Waals surface area contributed by atoms with E-state index in [9.17, 15) is 9.59 Å². The second kappa shape index (κ2) is 8.00. The van der Waals surface area contributed by atoms with E-state index in [-0.39, 0.29) is 30.2 Å². The van der Waals surface area contributed by atoms with Gasteiger partial charge in [-0.1, -0.05) is 12.1 Å². The first-order chi connectivity index (χ1) is 9.65. The van der Waals surface area contributed by atoms with Crippen LogP contribution in [0.4, 0.5) is 0 Å². The van der Waals surface area contributed by atoms with Crippen LogP contribution in [0.3, 0.4) is 0 Å². The van der Waals surface area contributed by atoms with Crippen LogP contribution in [0.2, 0.25) is 0 Å². The molecule has 1 aliphatic heterocycles. The van der Waals surface area contributed by atoms with E-state index in [1.807, 2.05) is 12.1 Å². The number of benzene rings is 1. The lowest BCUT2D eigenvalue weighted by atomic mass is 9.97. The number of ether oxygens (including phenoxy) is 1. The number of esters is 1. The van der Waals surface area contributed by atoms with Crippen LogP contribution >= 0.6 is 12.4 Å². The molecule has 5 nitrogen and oxygen atoms in total. The SMILES string of the molecule is COC(=O)C1CCCN(C(=O)c2ccc(CN)cc2)C1.Cl. The van der Waals surface area contributed by atoms with Crippen LogP contribution in [-0.2, 0) is 16.1 Å². The number of rotatable bonds is 3. The third-order valence-corrected chi connectivity index (χ3v) is 3.68. The summed E-state index contributed by atoms with van der Waals surface area (Å²) in [6.07, 6.45) is 1.61. The number of carbonyl (C=O) groups excluding carboxylic acids is 2. The van der Waals surface area contributed by atoms with Crippen molar-refractivity contribution in [3.05, 3.63) is 35.4 Å². The first-order valence-electron chi connectivity index (χ1n) is 6.82. The van der Waals surface area contributed by atoms with Gasteiger partial charge in [-0.25, -0.2) is 0 Å². The van der Waals surface area contributed by atoms with E-state index in [1.165, 1.54) is 7.11 Å². The van der Waals surface area contributed by atoms with Gasteiger partial charge in [-0.15, -0.1) is 12.4 Å². The molecule has 2 N–H and O–H groups in total. The molecular formula is C15H21ClN2O3. The Kier molecular flexibility index (Phi) is 6.65. The normalized spacial score (nSPS) is 17.8. The fraction of sp³-hybridized carbons (Fsp3) is 0.467. The van der Waals surface area contributed by atoms with Crippen molar-refractivity contribution in [2.45, 2.75) is 19.4 Å². The smallest absolute Gasteiger partial charge is 0.310 e. The van der Waals surface area contributed by atoms with Gasteiger partial charge < -0.3 is 15.4 Å². The van der Waals surface area contributed by atoms with E-state index in [2.05, 4.69) is 0 Å². The Morgan fingerprint density at radius 3 is 2.57 bits per heavy atom. The van der Waals surface area contributed by atoms with Crippen molar-refractivity contribution in [2.75, 3.05) is 20.2 Å². The molecular weight excluding hydrogens is 292 g/mol. The minimum absolute atomic E-state index is 0. The molecule has 1 aromatic rings. The largest absolute Gasteiger partial charge is 0.469 e. The second-order valence-corrected chi connectivity index (χ2v) is 5.01. The highest BCUT2D eigenvalue weighted by molar-refractivity contribution is 5.94. The zero-order valence-electron chi connectivity index (χ0n) is 12.1. The van der Waals surface area contributed by atoms with Crippen LogP contribution in [0.5, 0.6) is 0 Å². The van der Waals surface area contributed by atoms with Gasteiger partial charge in [0.1, 0.15) is 0 Å². The van der Waals surface area contributed by atoms with Crippen LogP contribution in [0, 0.1) is 5.92 Å². The van der Waals surface area contributed by atoms with Gasteiger partial charge in [-0.05, 0) is 30.5 Å². The Hall–Kier alpha value is -1.59. The predicted octanol–water partition coefficient (Wildman–Crippen LogP) is 1.59. The first kappa shape index (κ1) is 17.5. The maximum absolute atomic E-state index is 12.4. The molecule has 1 saturated heterocycles. The molecule has 6 heteroatoms. The zero-order chi connectivity index (χ0) is 14.5. The average Bonchev–Trinajstić information content (AvgIpc) is 2.53. The molecule has 0 aromatic heterocycles. The van der Waals surface area contributed by atoms with Gasteiger partial charge in [-0.2, -0.15) is 0 Å². The van der Waals surface area contributed by atoms with Crippen molar-refractivity contribution < 1.29 is 14.3 Å². The van der Waals surface area contributed by atoms with E-state index in [4.69, 9.17) is 10.5 Å². The lowest BCUT2D eigenvalue weighted by Crippen LogP contribution is -2.42. The second-order valence-electron chi connectivity index (χ2n) is 5.01. The summed E-state index contributed by atoms with van der Waals surface area (Å²) in [4.78, 5) is 25.7. The first-order valence-corrected chi connectivity index (χ1v) is 6.82. The van der Waals surface area contributed by atoms with Crippen molar-refractivity contribution in [2.24, 2.45) is 11.7 Å². The molecule has 1 heterocycles. The number of nitrogens with two attached hydrogens (primary N) is 1. The van der Waals surface area contributed by atoms with Crippen LogP contribution < -0.4 is 5.73 Å². The van der Waals surface area contributed by atoms with Gasteiger partial charge in [-0.3, -0.25) is 9.59 Å². The maximum atomic E-state index is 12.4. The summed E-state index contributed by atoms with van der Waals surface area (Å²) in [5.74, 6) is -0.482. The summed E-state index contributed by atoms with van der Waals surface area (Å²) < 4.78 is 4.76. The minimum atomic E-state index is -0.235. The molecule has 1 aliphatic rings. The fourth-order valence-corrected chi connectivity index (χ4v) is 2.49. The van der Waals surface area contributed by atoms with Crippen LogP contribution in [-0.4, -0.2) is 37.0 Å². The number of carbonyl (C=O) groups is 2. The molecule has 1 fully saturated rings. The number of hydrogen-bond acceptors (Lipinski definition) is 4. The average molecular weight is 313 g/mol. The molecule has 1 atom stereocenters. The number of piperidine rings is 1. The number of methoxy groups -OCH3 is 1. The van der Waals surface area contributed by atoms with Gasteiger partial charge in [0.25, 0.3) is 5.91 Å². The molecule has 2 rings (SSSR count). The Bertz CT molecular complexity index is 490. The summed E-state index contributed by atoms with van der Waals surface area (Å²) in [6, 6.07) is 7.28. The standard InChI is InChI=1S/C15H20N2O3.ClH/c1-20-15(19)13-3-2-8-17(10-13)14(18)12-6-4-11(9-16)5-7-12;/h4-7,13H,2-3,8-10,16H2,1H3;1H. The van der Waals surface area contributed by atoms with E-state index in [0.717, 1.165) is 18.4 Å². The molecule has 1 amide bonds. The quantitative estimate of drug-likeness (QED) is 0.860. The molecule has 0 aliphatic carbocycles. The summed E-state index contributed by atoms with van der Waals surface area (Å²) >= 11 is 0. The molecule has 0 radical (unpaired) electrons. The molecule has 0 bridgehead atoms. The van der Waals surface area contributed by atoms with Gasteiger partial charge in [0.05, 0.1) is 13.0 Å². The molecule has 1 unspecified atom stereocenters. The third-order valence-electron chi connectivity index (χ3n) is 3.68. The van der Waals surface area contributed by atoms with Crippen LogP contribution in [0.1, 0.15) is 28.8 Å². The maximum Gasteiger partial charge on any atom is 0.310 e. The Morgan fingerprint density at radius 1 is 1.33 bits per heavy atom. The van der Waals surface area contributed by atoms with Crippen molar-refractivity contribution >= 4 is 24.3 Å². The Morgan fingerprint density at radius 2 is 2.00 bits per heavy atom. The molecule has 0 saturated carbocycles. The number of amides is 1. The van der Waals surface area contributed by atoms with Crippen molar-refractivity contribution in [1.82, 2.24) is 4.90 Å². The summed E-state index contributed by atoms with van der Waals surface area (Å²) in [6.45, 7) is 1.58. The van der Waals surface area contributed by atoms with E-state index in [0.29, 0.717) is 25.2 Å². The van der Waals surface area contributed by atoms with Crippen molar-refractivity contribution in [3.8, 4) is 0 Å². The lowest BCUT2D eigenvalue weighted by molar-refractivity contribution is -0.146. The van der Waals surface area contributed by atoms with E-state index >= 15 is 0 Å². The highest BCUT2D eigenvalue weighted by Gasteiger charge is 2.29. The molecule has 1 aromatic carbocycles. The van der Waals surface area contributed by atoms with E-state index < -0.39 is 0 Å². The van der Waals surface area contributed by atoms with Gasteiger partial charge >= 0.3 is 5.97 Å². The highest BCUT2D eigenvalue weighted by Crippen LogP contribution is 2.19. The van der Waals surface area contributed by atoms with Gasteiger partial charge in [0.2, 0.25) is 0 Å². The van der Waals surface area contributed by atoms with Crippen LogP contribution in [0.15, 0.2) is 24.3 Å².